The van der Waals surface area contributed by atoms with E-state index < -0.39 is 28.6 Å². The van der Waals surface area contributed by atoms with E-state index >= 15 is 0 Å². The number of aromatic hydroxyl groups is 1. The van der Waals surface area contributed by atoms with Crippen LogP contribution in [-0.4, -0.2) is 27.7 Å². The molecule has 1 aliphatic heterocycles. The molecule has 8 heteroatoms. The first kappa shape index (κ1) is 20.4. The van der Waals surface area contributed by atoms with Gasteiger partial charge in [-0.15, -0.1) is 0 Å². The third-order valence-electron chi connectivity index (χ3n) is 4.21. The van der Waals surface area contributed by atoms with Gasteiger partial charge < -0.3 is 5.11 Å². The number of hydrogen-bond acceptors (Lipinski definition) is 4. The number of amides is 2. The molecule has 0 aromatic heterocycles. The Balaban J connectivity index is 2.25. The zero-order chi connectivity index (χ0) is 19.5. The monoisotopic (exact) mass is 387 g/mol. The molecule has 1 saturated heterocycles. The molecule has 1 aromatic carbocycles. The summed E-state index contributed by atoms with van der Waals surface area (Å²) in [7, 11) is 0. The highest BCUT2D eigenvalue weighted by atomic mass is 32.2. The minimum Gasteiger partial charge on any atom is -0.507 e. The molecule has 26 heavy (non-hydrogen) atoms. The highest BCUT2D eigenvalue weighted by molar-refractivity contribution is 8.18. The van der Waals surface area contributed by atoms with Gasteiger partial charge in [0.1, 0.15) is 5.75 Å². The molecule has 0 radical (unpaired) electrons. The van der Waals surface area contributed by atoms with Crippen LogP contribution >= 0.6 is 11.8 Å². The molecule has 1 aliphatic rings. The summed E-state index contributed by atoms with van der Waals surface area (Å²) in [5, 5.41) is 8.96. The van der Waals surface area contributed by atoms with Crippen molar-refractivity contribution in [2.75, 3.05) is 6.54 Å². The van der Waals surface area contributed by atoms with E-state index in [1.165, 1.54) is 12.1 Å². The number of hydrogen-bond donors (Lipinski definition) is 1. The van der Waals surface area contributed by atoms with E-state index in [1.54, 1.807) is 0 Å². The zero-order valence-corrected chi connectivity index (χ0v) is 15.3. The van der Waals surface area contributed by atoms with Gasteiger partial charge in [0.2, 0.25) is 0 Å². The fourth-order valence-electron chi connectivity index (χ4n) is 2.77. The van der Waals surface area contributed by atoms with Crippen LogP contribution in [0.5, 0.6) is 5.75 Å². The number of nitrogens with zero attached hydrogens (tertiary/aromatic N) is 1. The molecule has 1 N–H and O–H groups in total. The number of carbonyl (C=O) groups excluding carboxylic acids is 2. The maximum absolute atomic E-state index is 12.9. The summed E-state index contributed by atoms with van der Waals surface area (Å²) < 4.78 is 38.6. The van der Waals surface area contributed by atoms with Crippen molar-refractivity contribution < 1.29 is 27.9 Å². The maximum atomic E-state index is 12.9. The van der Waals surface area contributed by atoms with Crippen LogP contribution < -0.4 is 0 Å². The second kappa shape index (κ2) is 8.16. The van der Waals surface area contributed by atoms with Gasteiger partial charge in [0.25, 0.3) is 11.1 Å². The number of carbonyl (C=O) groups is 2. The van der Waals surface area contributed by atoms with Crippen molar-refractivity contribution in [2.24, 2.45) is 5.92 Å². The Hall–Kier alpha value is -1.96. The van der Waals surface area contributed by atoms with Crippen LogP contribution in [0.15, 0.2) is 23.1 Å². The van der Waals surface area contributed by atoms with E-state index in [0.717, 1.165) is 48.1 Å². The Labute approximate surface area is 154 Å². The summed E-state index contributed by atoms with van der Waals surface area (Å²) in [5.74, 6) is -1.16. The average Bonchev–Trinajstić information content (AvgIpc) is 2.82. The molecule has 4 nitrogen and oxygen atoms in total. The summed E-state index contributed by atoms with van der Waals surface area (Å²) >= 11 is 0.720. The molecule has 0 spiro atoms. The number of phenols is 1. The van der Waals surface area contributed by atoms with Crippen molar-refractivity contribution in [2.45, 2.75) is 39.3 Å². The third-order valence-corrected chi connectivity index (χ3v) is 5.12. The van der Waals surface area contributed by atoms with Crippen molar-refractivity contribution >= 4 is 29.0 Å². The molecular formula is C18H20F3NO3S. The molecule has 1 fully saturated rings. The number of alkyl halides is 3. The molecule has 0 aliphatic carbocycles. The molecule has 1 heterocycles. The molecule has 2 amide bonds. The Morgan fingerprint density at radius 2 is 1.96 bits per heavy atom. The lowest BCUT2D eigenvalue weighted by atomic mass is 10.0. The van der Waals surface area contributed by atoms with Gasteiger partial charge in [-0.1, -0.05) is 32.8 Å². The predicted octanol–water partition coefficient (Wildman–Crippen LogP) is 5.27. The highest BCUT2D eigenvalue weighted by Gasteiger charge is 2.37. The Kier molecular flexibility index (Phi) is 6.39. The van der Waals surface area contributed by atoms with Crippen LogP contribution in [-0.2, 0) is 11.0 Å². The first-order valence-corrected chi connectivity index (χ1v) is 9.14. The SMILES string of the molecule is CCCC(CC)CN1C(=O)SC(=Cc2ccc(O)c(C(F)(F)F)c2)C1=O. The van der Waals surface area contributed by atoms with Gasteiger partial charge >= 0.3 is 6.18 Å². The third kappa shape index (κ3) is 4.60. The van der Waals surface area contributed by atoms with Gasteiger partial charge in [0.15, 0.2) is 0 Å². The molecule has 0 bridgehead atoms. The van der Waals surface area contributed by atoms with Gasteiger partial charge in [-0.3, -0.25) is 14.5 Å². The first-order chi connectivity index (χ1) is 12.2. The van der Waals surface area contributed by atoms with Crippen molar-refractivity contribution in [1.29, 1.82) is 0 Å². The molecule has 1 unspecified atom stereocenters. The van der Waals surface area contributed by atoms with Crippen molar-refractivity contribution in [3.8, 4) is 5.75 Å². The van der Waals surface area contributed by atoms with Crippen LogP contribution in [0.1, 0.15) is 44.2 Å². The maximum Gasteiger partial charge on any atom is 0.419 e. The Morgan fingerprint density at radius 3 is 2.54 bits per heavy atom. The summed E-state index contributed by atoms with van der Waals surface area (Å²) in [6.07, 6.45) is -0.786. The predicted molar refractivity (Wildman–Crippen MR) is 94.5 cm³/mol. The van der Waals surface area contributed by atoms with Crippen molar-refractivity contribution in [3.63, 3.8) is 0 Å². The summed E-state index contributed by atoms with van der Waals surface area (Å²) in [6, 6.07) is 2.95. The number of rotatable bonds is 6. The Morgan fingerprint density at radius 1 is 1.27 bits per heavy atom. The van der Waals surface area contributed by atoms with E-state index in [1.807, 2.05) is 13.8 Å². The Bertz CT molecular complexity index is 731. The minimum atomic E-state index is -4.71. The number of thioether (sulfide) groups is 1. The van der Waals surface area contributed by atoms with Crippen LogP contribution in [0.4, 0.5) is 18.0 Å². The number of phenolic OH excluding ortho intramolecular Hbond substituents is 1. The lowest BCUT2D eigenvalue weighted by Gasteiger charge is -2.19. The summed E-state index contributed by atoms with van der Waals surface area (Å²) in [5.41, 5.74) is -1.08. The van der Waals surface area contributed by atoms with Gasteiger partial charge in [0, 0.05) is 6.54 Å². The summed E-state index contributed by atoms with van der Waals surface area (Å²) in [6.45, 7) is 4.33. The van der Waals surface area contributed by atoms with Crippen LogP contribution in [0, 0.1) is 5.92 Å². The first-order valence-electron chi connectivity index (χ1n) is 8.32. The van der Waals surface area contributed by atoms with E-state index in [9.17, 15) is 27.9 Å². The minimum absolute atomic E-state index is 0.0835. The molecule has 142 valence electrons. The fraction of sp³-hybridized carbons (Fsp3) is 0.444. The molecule has 0 saturated carbocycles. The number of benzene rings is 1. The highest BCUT2D eigenvalue weighted by Crippen LogP contribution is 2.38. The van der Waals surface area contributed by atoms with Crippen molar-refractivity contribution in [1.82, 2.24) is 4.90 Å². The largest absolute Gasteiger partial charge is 0.507 e. The van der Waals surface area contributed by atoms with Gasteiger partial charge in [-0.25, -0.2) is 0 Å². The topological polar surface area (TPSA) is 57.6 Å². The van der Waals surface area contributed by atoms with E-state index in [2.05, 4.69) is 0 Å². The molecule has 1 atom stereocenters. The van der Waals surface area contributed by atoms with Crippen LogP contribution in [0.3, 0.4) is 0 Å². The van der Waals surface area contributed by atoms with E-state index in [-0.39, 0.29) is 16.4 Å². The second-order valence-corrected chi connectivity index (χ2v) is 7.12. The molecular weight excluding hydrogens is 367 g/mol. The fourth-order valence-corrected chi connectivity index (χ4v) is 3.62. The second-order valence-electron chi connectivity index (χ2n) is 6.13. The summed E-state index contributed by atoms with van der Waals surface area (Å²) in [4.78, 5) is 25.8. The molecule has 2 rings (SSSR count). The van der Waals surface area contributed by atoms with Crippen LogP contribution in [0.2, 0.25) is 0 Å². The zero-order valence-electron chi connectivity index (χ0n) is 14.5. The quantitative estimate of drug-likeness (QED) is 0.675. The number of halogens is 3. The molecule has 1 aromatic rings. The van der Waals surface area contributed by atoms with Gasteiger partial charge in [-0.05, 0) is 47.9 Å². The lowest BCUT2D eigenvalue weighted by Crippen LogP contribution is -2.33. The lowest BCUT2D eigenvalue weighted by molar-refractivity contribution is -0.138. The van der Waals surface area contributed by atoms with Crippen molar-refractivity contribution in [3.05, 3.63) is 34.2 Å². The van der Waals surface area contributed by atoms with Gasteiger partial charge in [-0.2, -0.15) is 13.2 Å². The smallest absolute Gasteiger partial charge is 0.419 e. The van der Waals surface area contributed by atoms with Gasteiger partial charge in [0.05, 0.1) is 10.5 Å². The normalized spacial score (nSPS) is 18.0. The standard InChI is InChI=1S/C18H20F3NO3S/c1-3-5-11(4-2)10-22-16(24)15(26-17(22)25)9-12-6-7-14(23)13(8-12)18(19,20)21/h6-9,11,23H,3-5,10H2,1-2H3. The van der Waals surface area contributed by atoms with E-state index in [4.69, 9.17) is 0 Å². The van der Waals surface area contributed by atoms with E-state index in [0.29, 0.717) is 6.54 Å². The number of imide groups is 1. The average molecular weight is 387 g/mol. The van der Waals surface area contributed by atoms with Crippen LogP contribution in [0.25, 0.3) is 6.08 Å².